The molecule has 0 bridgehead atoms. The van der Waals surface area contributed by atoms with Crippen LogP contribution in [0.15, 0.2) is 42.5 Å². The Morgan fingerprint density at radius 1 is 1.12 bits per heavy atom. The molecule has 0 saturated heterocycles. The number of hydrogen-bond acceptors (Lipinski definition) is 2. The van der Waals surface area contributed by atoms with Gasteiger partial charge in [0.25, 0.3) is 0 Å². The summed E-state index contributed by atoms with van der Waals surface area (Å²) in [5.41, 5.74) is 2.80. The number of carbonyl (C=O) groups excluding carboxylic acids is 1. The minimum Gasteiger partial charge on any atom is -0.481 e. The van der Waals surface area contributed by atoms with Crippen molar-refractivity contribution in [3.8, 4) is 0 Å². The van der Waals surface area contributed by atoms with Crippen molar-refractivity contribution in [2.24, 2.45) is 0 Å². The Labute approximate surface area is 156 Å². The van der Waals surface area contributed by atoms with E-state index < -0.39 is 12.0 Å². The van der Waals surface area contributed by atoms with Gasteiger partial charge in [-0.2, -0.15) is 0 Å². The molecule has 1 amide bonds. The van der Waals surface area contributed by atoms with Gasteiger partial charge in [-0.1, -0.05) is 53.5 Å². The Kier molecular flexibility index (Phi) is 6.85. The van der Waals surface area contributed by atoms with Gasteiger partial charge in [-0.25, -0.2) is 0 Å². The average molecular weight is 380 g/mol. The van der Waals surface area contributed by atoms with Crippen molar-refractivity contribution in [3.05, 3.63) is 69.2 Å². The second-order valence-electron chi connectivity index (χ2n) is 5.92. The van der Waals surface area contributed by atoms with Gasteiger partial charge in [-0.15, -0.1) is 0 Å². The smallest absolute Gasteiger partial charge is 0.305 e. The normalized spacial score (nSPS) is 11.8. The summed E-state index contributed by atoms with van der Waals surface area (Å²) in [6.07, 6.45) is 0.439. The Morgan fingerprint density at radius 3 is 2.48 bits per heavy atom. The maximum Gasteiger partial charge on any atom is 0.305 e. The molecule has 0 aliphatic heterocycles. The van der Waals surface area contributed by atoms with Gasteiger partial charge in [0.1, 0.15) is 0 Å². The molecule has 2 N–H and O–H groups in total. The van der Waals surface area contributed by atoms with Crippen LogP contribution in [0.5, 0.6) is 0 Å². The molecule has 2 aromatic rings. The summed E-state index contributed by atoms with van der Waals surface area (Å²) in [6, 6.07) is 12.2. The molecule has 0 aliphatic carbocycles. The lowest BCUT2D eigenvalue weighted by molar-refractivity contribution is -0.137. The zero-order chi connectivity index (χ0) is 18.4. The van der Waals surface area contributed by atoms with E-state index in [1.54, 1.807) is 18.2 Å². The first-order valence-corrected chi connectivity index (χ1v) is 8.60. The number of carbonyl (C=O) groups is 2. The SMILES string of the molecule is Cc1ccccc1CC(CC(=O)O)NC(=O)Cc1ccc(Cl)c(Cl)c1. The summed E-state index contributed by atoms with van der Waals surface area (Å²) < 4.78 is 0. The minimum absolute atomic E-state index is 0.112. The third-order valence-electron chi connectivity index (χ3n) is 3.86. The molecule has 4 nitrogen and oxygen atoms in total. The van der Waals surface area contributed by atoms with Gasteiger partial charge in [-0.3, -0.25) is 9.59 Å². The van der Waals surface area contributed by atoms with Gasteiger partial charge in [0.05, 0.1) is 22.9 Å². The molecule has 25 heavy (non-hydrogen) atoms. The molecule has 1 atom stereocenters. The minimum atomic E-state index is -0.951. The molecule has 0 spiro atoms. The van der Waals surface area contributed by atoms with E-state index in [1.165, 1.54) is 0 Å². The van der Waals surface area contributed by atoms with E-state index in [4.69, 9.17) is 28.3 Å². The zero-order valence-electron chi connectivity index (χ0n) is 13.8. The van der Waals surface area contributed by atoms with Crippen LogP contribution in [-0.4, -0.2) is 23.0 Å². The number of benzene rings is 2. The molecule has 6 heteroatoms. The van der Waals surface area contributed by atoms with Crippen LogP contribution in [0.25, 0.3) is 0 Å². The van der Waals surface area contributed by atoms with Gasteiger partial charge in [0.2, 0.25) is 5.91 Å². The van der Waals surface area contributed by atoms with Crippen LogP contribution in [0.4, 0.5) is 0 Å². The largest absolute Gasteiger partial charge is 0.481 e. The highest BCUT2D eigenvalue weighted by Gasteiger charge is 2.18. The second-order valence-corrected chi connectivity index (χ2v) is 6.73. The average Bonchev–Trinajstić information content (AvgIpc) is 2.52. The lowest BCUT2D eigenvalue weighted by Crippen LogP contribution is -2.39. The van der Waals surface area contributed by atoms with Crippen molar-refractivity contribution in [2.75, 3.05) is 0 Å². The van der Waals surface area contributed by atoms with Crippen molar-refractivity contribution < 1.29 is 14.7 Å². The van der Waals surface area contributed by atoms with Crippen LogP contribution < -0.4 is 5.32 Å². The van der Waals surface area contributed by atoms with E-state index in [9.17, 15) is 9.59 Å². The van der Waals surface area contributed by atoms with Gasteiger partial charge in [-0.05, 0) is 42.2 Å². The molecular weight excluding hydrogens is 361 g/mol. The van der Waals surface area contributed by atoms with Gasteiger partial charge >= 0.3 is 5.97 Å². The summed E-state index contributed by atoms with van der Waals surface area (Å²) in [6.45, 7) is 1.96. The summed E-state index contributed by atoms with van der Waals surface area (Å²) in [4.78, 5) is 23.4. The molecule has 0 radical (unpaired) electrons. The maximum absolute atomic E-state index is 12.3. The number of carboxylic acid groups (broad SMARTS) is 1. The highest BCUT2D eigenvalue weighted by atomic mass is 35.5. The van der Waals surface area contributed by atoms with E-state index in [-0.39, 0.29) is 18.7 Å². The molecule has 132 valence electrons. The summed E-state index contributed by atoms with van der Waals surface area (Å²) in [5, 5.41) is 12.7. The van der Waals surface area contributed by atoms with Crippen molar-refractivity contribution >= 4 is 35.1 Å². The Morgan fingerprint density at radius 2 is 1.84 bits per heavy atom. The summed E-state index contributed by atoms with van der Waals surface area (Å²) in [5.74, 6) is -1.20. The Hall–Kier alpha value is -2.04. The fourth-order valence-corrected chi connectivity index (χ4v) is 2.92. The first kappa shape index (κ1) is 19.3. The number of halogens is 2. The molecular formula is C19H19Cl2NO3. The van der Waals surface area contributed by atoms with E-state index in [0.717, 1.165) is 16.7 Å². The lowest BCUT2D eigenvalue weighted by Gasteiger charge is -2.18. The summed E-state index contributed by atoms with van der Waals surface area (Å²) >= 11 is 11.8. The number of aliphatic carboxylic acids is 1. The van der Waals surface area contributed by atoms with E-state index in [2.05, 4.69) is 5.32 Å². The van der Waals surface area contributed by atoms with E-state index in [1.807, 2.05) is 31.2 Å². The number of aryl methyl sites for hydroxylation is 1. The standard InChI is InChI=1S/C19H19Cl2NO3/c1-12-4-2-3-5-14(12)10-15(11-19(24)25)22-18(23)9-13-6-7-16(20)17(21)8-13/h2-8,15H,9-11H2,1H3,(H,22,23)(H,24,25). The number of rotatable bonds is 7. The van der Waals surface area contributed by atoms with Gasteiger partial charge < -0.3 is 10.4 Å². The lowest BCUT2D eigenvalue weighted by atomic mass is 9.99. The van der Waals surface area contributed by atoms with Crippen LogP contribution in [0, 0.1) is 6.92 Å². The predicted octanol–water partition coefficient (Wildman–Crippen LogP) is 4.05. The van der Waals surface area contributed by atoms with E-state index in [0.29, 0.717) is 16.5 Å². The molecule has 0 aromatic heterocycles. The van der Waals surface area contributed by atoms with Gasteiger partial charge in [0.15, 0.2) is 0 Å². The van der Waals surface area contributed by atoms with E-state index >= 15 is 0 Å². The van der Waals surface area contributed by atoms with Crippen molar-refractivity contribution in [1.29, 1.82) is 0 Å². The zero-order valence-corrected chi connectivity index (χ0v) is 15.3. The van der Waals surface area contributed by atoms with Crippen LogP contribution in [0.3, 0.4) is 0 Å². The van der Waals surface area contributed by atoms with Gasteiger partial charge in [0, 0.05) is 6.04 Å². The topological polar surface area (TPSA) is 66.4 Å². The monoisotopic (exact) mass is 379 g/mol. The van der Waals surface area contributed by atoms with Crippen molar-refractivity contribution in [2.45, 2.75) is 32.2 Å². The Balaban J connectivity index is 2.05. The van der Waals surface area contributed by atoms with Crippen LogP contribution in [0.1, 0.15) is 23.1 Å². The highest BCUT2D eigenvalue weighted by molar-refractivity contribution is 6.42. The third-order valence-corrected chi connectivity index (χ3v) is 4.60. The van der Waals surface area contributed by atoms with Crippen molar-refractivity contribution in [1.82, 2.24) is 5.32 Å². The predicted molar refractivity (Wildman–Crippen MR) is 99.2 cm³/mol. The molecule has 2 rings (SSSR count). The number of carboxylic acids is 1. The molecule has 1 unspecified atom stereocenters. The molecule has 2 aromatic carbocycles. The number of amides is 1. The summed E-state index contributed by atoms with van der Waals surface area (Å²) in [7, 11) is 0. The number of hydrogen-bond donors (Lipinski definition) is 2. The maximum atomic E-state index is 12.3. The van der Waals surface area contributed by atoms with Crippen LogP contribution in [-0.2, 0) is 22.4 Å². The fraction of sp³-hybridized carbons (Fsp3) is 0.263. The third kappa shape index (κ3) is 6.07. The van der Waals surface area contributed by atoms with Crippen LogP contribution >= 0.6 is 23.2 Å². The first-order chi connectivity index (χ1) is 11.8. The molecule has 0 fully saturated rings. The quantitative estimate of drug-likeness (QED) is 0.762. The molecule has 0 aliphatic rings. The fourth-order valence-electron chi connectivity index (χ4n) is 2.60. The number of nitrogens with one attached hydrogen (secondary N) is 1. The van der Waals surface area contributed by atoms with Crippen molar-refractivity contribution in [3.63, 3.8) is 0 Å². The molecule has 0 heterocycles. The Bertz CT molecular complexity index is 777. The van der Waals surface area contributed by atoms with Crippen LogP contribution in [0.2, 0.25) is 10.0 Å². The first-order valence-electron chi connectivity index (χ1n) is 7.84. The highest BCUT2D eigenvalue weighted by Crippen LogP contribution is 2.22. The molecule has 0 saturated carbocycles. The second kappa shape index (κ2) is 8.88.